The lowest BCUT2D eigenvalue weighted by Crippen LogP contribution is -2.30. The summed E-state index contributed by atoms with van der Waals surface area (Å²) in [6.45, 7) is 1.31. The van der Waals surface area contributed by atoms with Gasteiger partial charge in [0.1, 0.15) is 5.82 Å². The molecule has 6 heteroatoms. The average Bonchev–Trinajstić information content (AvgIpc) is 3.12. The quantitative estimate of drug-likeness (QED) is 0.948. The standard InChI is InChI=1S/C15H15ClFN3O/c16-12-2-1-3-13(17)11(12)8-15(21)20-7-5-10(9-20)14-4-6-18-19-14/h1-4,6,10H,5,7-9H2,(H,18,19)/t10-/m0/s1. The van der Waals surface area contributed by atoms with Crippen LogP contribution in [-0.4, -0.2) is 34.1 Å². The third kappa shape index (κ3) is 2.93. The molecule has 1 fully saturated rings. The molecule has 0 saturated carbocycles. The Labute approximate surface area is 126 Å². The largest absolute Gasteiger partial charge is 0.342 e. The van der Waals surface area contributed by atoms with Crippen LogP contribution in [0.2, 0.25) is 5.02 Å². The molecule has 110 valence electrons. The highest BCUT2D eigenvalue weighted by Crippen LogP contribution is 2.27. The first-order valence-electron chi connectivity index (χ1n) is 6.85. The number of benzene rings is 1. The summed E-state index contributed by atoms with van der Waals surface area (Å²) in [6.07, 6.45) is 2.60. The maximum Gasteiger partial charge on any atom is 0.227 e. The Hall–Kier alpha value is -1.88. The molecular formula is C15H15ClFN3O. The Kier molecular flexibility index (Phi) is 3.92. The molecule has 1 aromatic heterocycles. The van der Waals surface area contributed by atoms with Crippen molar-refractivity contribution in [1.82, 2.24) is 15.1 Å². The molecule has 1 aliphatic rings. The predicted octanol–water partition coefficient (Wildman–Crippen LogP) is 2.76. The number of H-pyrrole nitrogens is 1. The highest BCUT2D eigenvalue weighted by Gasteiger charge is 2.28. The van der Waals surface area contributed by atoms with Crippen molar-refractivity contribution in [3.05, 3.63) is 52.6 Å². The van der Waals surface area contributed by atoms with E-state index in [2.05, 4.69) is 10.2 Å². The molecule has 3 rings (SSSR count). The number of carbonyl (C=O) groups excluding carboxylic acids is 1. The number of aromatic nitrogens is 2. The van der Waals surface area contributed by atoms with E-state index in [1.807, 2.05) is 6.07 Å². The van der Waals surface area contributed by atoms with Gasteiger partial charge in [-0.15, -0.1) is 0 Å². The first-order chi connectivity index (χ1) is 10.1. The van der Waals surface area contributed by atoms with Gasteiger partial charge in [-0.3, -0.25) is 9.89 Å². The Morgan fingerprint density at radius 3 is 3.05 bits per heavy atom. The highest BCUT2D eigenvalue weighted by molar-refractivity contribution is 6.31. The summed E-state index contributed by atoms with van der Waals surface area (Å²) < 4.78 is 13.7. The van der Waals surface area contributed by atoms with E-state index in [0.29, 0.717) is 18.1 Å². The van der Waals surface area contributed by atoms with Gasteiger partial charge < -0.3 is 4.90 Å². The fourth-order valence-electron chi connectivity index (χ4n) is 2.70. The molecule has 1 aliphatic heterocycles. The summed E-state index contributed by atoms with van der Waals surface area (Å²) in [4.78, 5) is 14.1. The van der Waals surface area contributed by atoms with E-state index in [4.69, 9.17) is 11.6 Å². The maximum absolute atomic E-state index is 13.7. The Balaban J connectivity index is 1.67. The molecule has 0 bridgehead atoms. The molecule has 1 saturated heterocycles. The molecule has 4 nitrogen and oxygen atoms in total. The first kappa shape index (κ1) is 14.1. The van der Waals surface area contributed by atoms with Crippen molar-refractivity contribution in [1.29, 1.82) is 0 Å². The fraction of sp³-hybridized carbons (Fsp3) is 0.333. The van der Waals surface area contributed by atoms with E-state index in [9.17, 15) is 9.18 Å². The van der Waals surface area contributed by atoms with E-state index >= 15 is 0 Å². The summed E-state index contributed by atoms with van der Waals surface area (Å²) >= 11 is 5.97. The van der Waals surface area contributed by atoms with Crippen LogP contribution < -0.4 is 0 Å². The minimum Gasteiger partial charge on any atom is -0.342 e. The van der Waals surface area contributed by atoms with Crippen molar-refractivity contribution in [2.24, 2.45) is 0 Å². The van der Waals surface area contributed by atoms with Gasteiger partial charge in [0.25, 0.3) is 0 Å². The van der Waals surface area contributed by atoms with Gasteiger partial charge in [0.2, 0.25) is 5.91 Å². The number of hydrogen-bond donors (Lipinski definition) is 1. The molecular weight excluding hydrogens is 293 g/mol. The maximum atomic E-state index is 13.7. The molecule has 2 heterocycles. The monoisotopic (exact) mass is 307 g/mol. The zero-order valence-electron chi connectivity index (χ0n) is 11.4. The van der Waals surface area contributed by atoms with Crippen molar-refractivity contribution < 1.29 is 9.18 Å². The lowest BCUT2D eigenvalue weighted by atomic mass is 10.1. The van der Waals surface area contributed by atoms with E-state index in [0.717, 1.165) is 12.1 Å². The molecule has 1 atom stereocenters. The number of amides is 1. The SMILES string of the molecule is O=C(Cc1c(F)cccc1Cl)N1CC[C@H](c2ccn[nH]2)C1. The molecule has 0 unspecified atom stereocenters. The fourth-order valence-corrected chi connectivity index (χ4v) is 2.93. The van der Waals surface area contributed by atoms with Crippen LogP contribution in [0.3, 0.4) is 0 Å². The molecule has 0 radical (unpaired) electrons. The summed E-state index contributed by atoms with van der Waals surface area (Å²) in [5.74, 6) is -0.253. The van der Waals surface area contributed by atoms with E-state index < -0.39 is 5.82 Å². The lowest BCUT2D eigenvalue weighted by Gasteiger charge is -2.17. The lowest BCUT2D eigenvalue weighted by molar-refractivity contribution is -0.129. The number of likely N-dealkylation sites (tertiary alicyclic amines) is 1. The molecule has 1 aromatic carbocycles. The summed E-state index contributed by atoms with van der Waals surface area (Å²) in [5, 5.41) is 7.17. The highest BCUT2D eigenvalue weighted by atomic mass is 35.5. The van der Waals surface area contributed by atoms with Crippen molar-refractivity contribution in [3.8, 4) is 0 Å². The van der Waals surface area contributed by atoms with Crippen LogP contribution in [0.25, 0.3) is 0 Å². The van der Waals surface area contributed by atoms with Crippen molar-refractivity contribution >= 4 is 17.5 Å². The first-order valence-corrected chi connectivity index (χ1v) is 7.23. The zero-order valence-corrected chi connectivity index (χ0v) is 12.1. The molecule has 21 heavy (non-hydrogen) atoms. The van der Waals surface area contributed by atoms with Crippen molar-refractivity contribution in [2.75, 3.05) is 13.1 Å². The molecule has 0 aliphatic carbocycles. The second kappa shape index (κ2) is 5.85. The van der Waals surface area contributed by atoms with Crippen molar-refractivity contribution in [2.45, 2.75) is 18.8 Å². The van der Waals surface area contributed by atoms with Gasteiger partial charge >= 0.3 is 0 Å². The Morgan fingerprint density at radius 2 is 2.33 bits per heavy atom. The van der Waals surface area contributed by atoms with Crippen LogP contribution >= 0.6 is 11.6 Å². The number of nitrogens with zero attached hydrogens (tertiary/aromatic N) is 2. The minimum atomic E-state index is -0.430. The zero-order chi connectivity index (χ0) is 14.8. The Morgan fingerprint density at radius 1 is 1.48 bits per heavy atom. The van der Waals surface area contributed by atoms with Gasteiger partial charge in [-0.05, 0) is 24.6 Å². The predicted molar refractivity (Wildman–Crippen MR) is 77.6 cm³/mol. The number of hydrogen-bond acceptors (Lipinski definition) is 2. The van der Waals surface area contributed by atoms with Crippen LogP contribution in [0, 0.1) is 5.82 Å². The topological polar surface area (TPSA) is 49.0 Å². The van der Waals surface area contributed by atoms with E-state index in [-0.39, 0.29) is 23.8 Å². The molecule has 2 aromatic rings. The average molecular weight is 308 g/mol. The van der Waals surface area contributed by atoms with E-state index in [1.54, 1.807) is 17.2 Å². The number of halogens is 2. The van der Waals surface area contributed by atoms with Crippen LogP contribution in [0.4, 0.5) is 4.39 Å². The number of rotatable bonds is 3. The van der Waals surface area contributed by atoms with Crippen molar-refractivity contribution in [3.63, 3.8) is 0 Å². The van der Waals surface area contributed by atoms with E-state index in [1.165, 1.54) is 12.1 Å². The van der Waals surface area contributed by atoms with Crippen LogP contribution in [0.5, 0.6) is 0 Å². The molecule has 1 N–H and O–H groups in total. The summed E-state index contributed by atoms with van der Waals surface area (Å²) in [7, 11) is 0. The van der Waals surface area contributed by atoms with Crippen LogP contribution in [0.15, 0.2) is 30.5 Å². The third-order valence-electron chi connectivity index (χ3n) is 3.89. The van der Waals surface area contributed by atoms with Crippen LogP contribution in [-0.2, 0) is 11.2 Å². The van der Waals surface area contributed by atoms with Gasteiger partial charge in [0.15, 0.2) is 0 Å². The minimum absolute atomic E-state index is 0.00119. The van der Waals surface area contributed by atoms with Gasteiger partial charge in [-0.25, -0.2) is 4.39 Å². The Bertz CT molecular complexity index is 624. The number of nitrogens with one attached hydrogen (secondary N) is 1. The number of aromatic amines is 1. The number of carbonyl (C=O) groups is 1. The van der Waals surface area contributed by atoms with Gasteiger partial charge in [-0.1, -0.05) is 17.7 Å². The second-order valence-electron chi connectivity index (χ2n) is 5.21. The van der Waals surface area contributed by atoms with Gasteiger partial charge in [0.05, 0.1) is 6.42 Å². The summed E-state index contributed by atoms with van der Waals surface area (Å²) in [5.41, 5.74) is 1.31. The summed E-state index contributed by atoms with van der Waals surface area (Å²) in [6, 6.07) is 6.39. The second-order valence-corrected chi connectivity index (χ2v) is 5.62. The van der Waals surface area contributed by atoms with Gasteiger partial charge in [-0.2, -0.15) is 5.10 Å². The van der Waals surface area contributed by atoms with Crippen LogP contribution in [0.1, 0.15) is 23.6 Å². The smallest absolute Gasteiger partial charge is 0.227 e. The molecule has 0 spiro atoms. The van der Waals surface area contributed by atoms with Gasteiger partial charge in [0, 0.05) is 41.5 Å². The molecule has 1 amide bonds. The third-order valence-corrected chi connectivity index (χ3v) is 4.25. The normalized spacial score (nSPS) is 18.2.